The molecule has 0 radical (unpaired) electrons. The van der Waals surface area contributed by atoms with Crippen molar-refractivity contribution in [3.8, 4) is 0 Å². The molecule has 1 spiro atoms. The number of imide groups is 1. The highest BCUT2D eigenvalue weighted by Gasteiger charge is 2.57. The maximum absolute atomic E-state index is 13.8. The first-order valence-corrected chi connectivity index (χ1v) is 12.1. The summed E-state index contributed by atoms with van der Waals surface area (Å²) < 4.78 is 5.23. The van der Waals surface area contributed by atoms with E-state index in [0.717, 1.165) is 37.9 Å². The minimum absolute atomic E-state index is 0.0249. The highest BCUT2D eigenvalue weighted by atomic mass is 16.5. The van der Waals surface area contributed by atoms with Crippen molar-refractivity contribution in [1.29, 1.82) is 0 Å². The molecule has 2 aromatic carbocycles. The summed E-state index contributed by atoms with van der Waals surface area (Å²) in [5.74, 6) is -0.0249. The van der Waals surface area contributed by atoms with Gasteiger partial charge < -0.3 is 9.64 Å². The van der Waals surface area contributed by atoms with E-state index in [2.05, 4.69) is 29.2 Å². The van der Waals surface area contributed by atoms with Crippen molar-refractivity contribution in [3.63, 3.8) is 0 Å². The van der Waals surface area contributed by atoms with Crippen molar-refractivity contribution >= 4 is 11.9 Å². The molecular formula is C27H33N3O3. The molecule has 0 N–H and O–H groups in total. The topological polar surface area (TPSA) is 53.1 Å². The third-order valence-corrected chi connectivity index (χ3v) is 7.71. The number of piperidine rings is 1. The second-order valence-corrected chi connectivity index (χ2v) is 9.56. The lowest BCUT2D eigenvalue weighted by Gasteiger charge is -2.44. The van der Waals surface area contributed by atoms with Crippen LogP contribution in [-0.2, 0) is 28.9 Å². The Labute approximate surface area is 196 Å². The average Bonchev–Trinajstić information content (AvgIpc) is 3.36. The Balaban J connectivity index is 1.32. The van der Waals surface area contributed by atoms with Crippen molar-refractivity contribution in [2.75, 3.05) is 33.4 Å². The van der Waals surface area contributed by atoms with Crippen LogP contribution < -0.4 is 0 Å². The molecule has 33 heavy (non-hydrogen) atoms. The molecule has 3 aliphatic rings. The van der Waals surface area contributed by atoms with Gasteiger partial charge in [0.2, 0.25) is 0 Å². The van der Waals surface area contributed by atoms with E-state index in [9.17, 15) is 9.59 Å². The van der Waals surface area contributed by atoms with Crippen LogP contribution in [-0.4, -0.2) is 71.6 Å². The summed E-state index contributed by atoms with van der Waals surface area (Å²) in [5, 5.41) is 0. The number of ether oxygens (including phenoxy) is 1. The SMILES string of the molecule is COCCCN1C(=O)N(Cc2ccccc2)C(=O)C12CCN(C1Cc3ccccc3C1)CC2. The van der Waals surface area contributed by atoms with Gasteiger partial charge in [0.15, 0.2) is 0 Å². The number of amides is 3. The number of methoxy groups -OCH3 is 1. The Morgan fingerprint density at radius 3 is 2.21 bits per heavy atom. The lowest BCUT2D eigenvalue weighted by atomic mass is 9.85. The molecule has 6 nitrogen and oxygen atoms in total. The molecule has 3 amide bonds. The number of nitrogens with zero attached hydrogens (tertiary/aromatic N) is 3. The first-order valence-electron chi connectivity index (χ1n) is 12.1. The molecule has 0 unspecified atom stereocenters. The fourth-order valence-electron chi connectivity index (χ4n) is 5.90. The molecule has 174 valence electrons. The third-order valence-electron chi connectivity index (χ3n) is 7.71. The van der Waals surface area contributed by atoms with Gasteiger partial charge in [-0.25, -0.2) is 4.79 Å². The van der Waals surface area contributed by atoms with Crippen LogP contribution in [0.15, 0.2) is 54.6 Å². The lowest BCUT2D eigenvalue weighted by Crippen LogP contribution is -2.58. The van der Waals surface area contributed by atoms with E-state index in [1.54, 1.807) is 7.11 Å². The van der Waals surface area contributed by atoms with Gasteiger partial charge in [-0.1, -0.05) is 54.6 Å². The molecule has 0 saturated carbocycles. The molecule has 2 saturated heterocycles. The first-order chi connectivity index (χ1) is 16.1. The molecule has 6 heteroatoms. The second-order valence-electron chi connectivity index (χ2n) is 9.56. The summed E-state index contributed by atoms with van der Waals surface area (Å²) in [5.41, 5.74) is 3.16. The quantitative estimate of drug-likeness (QED) is 0.482. The normalized spacial score (nSPS) is 20.8. The smallest absolute Gasteiger partial charge is 0.327 e. The number of fused-ring (bicyclic) bond motifs is 1. The molecule has 2 heterocycles. The number of hydrogen-bond donors (Lipinski definition) is 0. The Morgan fingerprint density at radius 2 is 1.58 bits per heavy atom. The predicted molar refractivity (Wildman–Crippen MR) is 127 cm³/mol. The second kappa shape index (κ2) is 9.27. The largest absolute Gasteiger partial charge is 0.385 e. The Morgan fingerprint density at radius 1 is 0.939 bits per heavy atom. The molecule has 2 aromatic rings. The van der Waals surface area contributed by atoms with Gasteiger partial charge in [-0.3, -0.25) is 14.6 Å². The average molecular weight is 448 g/mol. The molecule has 0 aromatic heterocycles. The lowest BCUT2D eigenvalue weighted by molar-refractivity contribution is -0.136. The molecule has 1 aliphatic carbocycles. The van der Waals surface area contributed by atoms with E-state index in [0.29, 0.717) is 38.6 Å². The van der Waals surface area contributed by atoms with E-state index in [-0.39, 0.29) is 11.9 Å². The summed E-state index contributed by atoms with van der Waals surface area (Å²) in [6.45, 7) is 3.16. The molecule has 2 fully saturated rings. The fraction of sp³-hybridized carbons (Fsp3) is 0.481. The summed E-state index contributed by atoms with van der Waals surface area (Å²) >= 11 is 0. The van der Waals surface area contributed by atoms with Crippen LogP contribution in [0.25, 0.3) is 0 Å². The zero-order valence-electron chi connectivity index (χ0n) is 19.4. The minimum atomic E-state index is -0.721. The van der Waals surface area contributed by atoms with E-state index in [1.165, 1.54) is 16.0 Å². The summed E-state index contributed by atoms with van der Waals surface area (Å²) in [6, 6.07) is 18.8. The molecule has 0 bridgehead atoms. The van der Waals surface area contributed by atoms with Crippen LogP contribution >= 0.6 is 0 Å². The number of carbonyl (C=O) groups excluding carboxylic acids is 2. The van der Waals surface area contributed by atoms with Gasteiger partial charge in [-0.05, 0) is 48.8 Å². The number of carbonyl (C=O) groups is 2. The Hall–Kier alpha value is -2.70. The van der Waals surface area contributed by atoms with E-state index >= 15 is 0 Å². The van der Waals surface area contributed by atoms with Crippen LogP contribution in [0.1, 0.15) is 36.0 Å². The number of benzene rings is 2. The van der Waals surface area contributed by atoms with Crippen molar-refractivity contribution in [2.45, 2.75) is 50.2 Å². The van der Waals surface area contributed by atoms with Gasteiger partial charge in [0.1, 0.15) is 5.54 Å². The molecule has 2 aliphatic heterocycles. The Kier molecular flexibility index (Phi) is 6.21. The monoisotopic (exact) mass is 447 g/mol. The van der Waals surface area contributed by atoms with Gasteiger partial charge in [0.25, 0.3) is 5.91 Å². The number of rotatable bonds is 7. The molecular weight excluding hydrogens is 414 g/mol. The summed E-state index contributed by atoms with van der Waals surface area (Å²) in [4.78, 5) is 33.1. The molecule has 5 rings (SSSR count). The van der Waals surface area contributed by atoms with Gasteiger partial charge in [0.05, 0.1) is 6.54 Å². The highest BCUT2D eigenvalue weighted by molar-refractivity contribution is 6.07. The predicted octanol–water partition coefficient (Wildman–Crippen LogP) is 3.49. The summed E-state index contributed by atoms with van der Waals surface area (Å²) in [7, 11) is 1.67. The van der Waals surface area contributed by atoms with Crippen molar-refractivity contribution < 1.29 is 14.3 Å². The van der Waals surface area contributed by atoms with Gasteiger partial charge in [0, 0.05) is 39.4 Å². The van der Waals surface area contributed by atoms with E-state index in [1.807, 2.05) is 35.2 Å². The van der Waals surface area contributed by atoms with Crippen LogP contribution in [0.5, 0.6) is 0 Å². The maximum Gasteiger partial charge on any atom is 0.327 e. The standard InChI is InChI=1S/C27H33N3O3/c1-33-17-7-14-30-26(32)29(20-21-8-3-2-4-9-21)25(31)27(30)12-15-28(16-13-27)24-18-22-10-5-6-11-23(22)19-24/h2-6,8-11,24H,7,12-20H2,1H3. The van der Waals surface area contributed by atoms with Crippen molar-refractivity contribution in [3.05, 3.63) is 71.3 Å². The van der Waals surface area contributed by atoms with Crippen molar-refractivity contribution in [1.82, 2.24) is 14.7 Å². The number of hydrogen-bond acceptors (Lipinski definition) is 4. The van der Waals surface area contributed by atoms with Crippen LogP contribution in [0, 0.1) is 0 Å². The minimum Gasteiger partial charge on any atom is -0.385 e. The van der Waals surface area contributed by atoms with Crippen molar-refractivity contribution in [2.24, 2.45) is 0 Å². The summed E-state index contributed by atoms with van der Waals surface area (Å²) in [6.07, 6.45) is 4.28. The zero-order chi connectivity index (χ0) is 22.8. The van der Waals surface area contributed by atoms with E-state index in [4.69, 9.17) is 4.74 Å². The molecule has 0 atom stereocenters. The zero-order valence-corrected chi connectivity index (χ0v) is 19.4. The number of likely N-dealkylation sites (tertiary alicyclic amines) is 1. The number of urea groups is 1. The van der Waals surface area contributed by atoms with Crippen LogP contribution in [0.3, 0.4) is 0 Å². The van der Waals surface area contributed by atoms with E-state index < -0.39 is 5.54 Å². The van der Waals surface area contributed by atoms with Crippen LogP contribution in [0.2, 0.25) is 0 Å². The maximum atomic E-state index is 13.8. The highest BCUT2D eigenvalue weighted by Crippen LogP contribution is 2.39. The first kappa shape index (κ1) is 22.1. The van der Waals surface area contributed by atoms with Gasteiger partial charge >= 0.3 is 6.03 Å². The van der Waals surface area contributed by atoms with Gasteiger partial charge in [-0.15, -0.1) is 0 Å². The Bertz CT molecular complexity index is 976. The fourth-order valence-corrected chi connectivity index (χ4v) is 5.90. The third kappa shape index (κ3) is 4.06. The van der Waals surface area contributed by atoms with Crippen LogP contribution in [0.4, 0.5) is 4.79 Å². The van der Waals surface area contributed by atoms with Gasteiger partial charge in [-0.2, -0.15) is 0 Å².